The van der Waals surface area contributed by atoms with Crippen LogP contribution in [0.1, 0.15) is 37.7 Å². The lowest BCUT2D eigenvalue weighted by atomic mass is 10.0. The third-order valence-corrected chi connectivity index (χ3v) is 3.99. The topological polar surface area (TPSA) is 95.5 Å². The molecule has 0 atom stereocenters. The number of carbonyl (C=O) groups is 3. The minimum atomic E-state index is -1.07. The van der Waals surface area contributed by atoms with E-state index in [-0.39, 0.29) is 24.8 Å². The minimum absolute atomic E-state index is 0.0313. The highest BCUT2D eigenvalue weighted by Gasteiger charge is 2.18. The van der Waals surface area contributed by atoms with Gasteiger partial charge in [-0.3, -0.25) is 14.4 Å². The van der Waals surface area contributed by atoms with E-state index in [1.807, 2.05) is 0 Å². The number of aliphatic carboxylic acids is 1. The van der Waals surface area contributed by atoms with Crippen LogP contribution < -0.4 is 10.6 Å². The first-order valence-electron chi connectivity index (χ1n) is 7.90. The Morgan fingerprint density at radius 3 is 2.30 bits per heavy atom. The molecule has 0 aromatic heterocycles. The van der Waals surface area contributed by atoms with E-state index in [0.29, 0.717) is 18.0 Å². The van der Waals surface area contributed by atoms with Crippen molar-refractivity contribution in [3.63, 3.8) is 0 Å². The number of nitrogens with one attached hydrogen (secondary N) is 2. The van der Waals surface area contributed by atoms with Crippen molar-refractivity contribution in [3.8, 4) is 0 Å². The number of carbonyl (C=O) groups excluding carboxylic acids is 2. The Kier molecular flexibility index (Phi) is 6.14. The predicted octanol–water partition coefficient (Wildman–Crippen LogP) is 1.95. The van der Waals surface area contributed by atoms with Crippen LogP contribution in [0.4, 0.5) is 5.69 Å². The van der Waals surface area contributed by atoms with Gasteiger partial charge in [0.1, 0.15) is 6.54 Å². The molecule has 0 aliphatic heterocycles. The van der Waals surface area contributed by atoms with E-state index in [9.17, 15) is 14.4 Å². The number of carboxylic acids is 1. The Morgan fingerprint density at radius 2 is 1.70 bits per heavy atom. The van der Waals surface area contributed by atoms with E-state index < -0.39 is 5.97 Å². The van der Waals surface area contributed by atoms with Gasteiger partial charge in [0.05, 0.1) is 6.42 Å². The summed E-state index contributed by atoms with van der Waals surface area (Å²) in [6.45, 7) is -0.381. The van der Waals surface area contributed by atoms with E-state index in [1.165, 1.54) is 12.8 Å². The monoisotopic (exact) mass is 318 g/mol. The summed E-state index contributed by atoms with van der Waals surface area (Å²) in [7, 11) is 0. The van der Waals surface area contributed by atoms with Crippen molar-refractivity contribution in [3.05, 3.63) is 29.8 Å². The van der Waals surface area contributed by atoms with Crippen LogP contribution in [-0.2, 0) is 20.8 Å². The molecule has 23 heavy (non-hydrogen) atoms. The van der Waals surface area contributed by atoms with Gasteiger partial charge in [-0.25, -0.2) is 0 Å². The zero-order chi connectivity index (χ0) is 16.7. The van der Waals surface area contributed by atoms with E-state index in [1.54, 1.807) is 24.3 Å². The van der Waals surface area contributed by atoms with Crippen LogP contribution >= 0.6 is 0 Å². The molecule has 0 bridgehead atoms. The summed E-state index contributed by atoms with van der Waals surface area (Å²) in [4.78, 5) is 33.9. The van der Waals surface area contributed by atoms with Crippen molar-refractivity contribution in [2.75, 3.05) is 11.9 Å². The lowest BCUT2D eigenvalue weighted by molar-refractivity contribution is -0.137. The Bertz CT molecular complexity index is 562. The van der Waals surface area contributed by atoms with Gasteiger partial charge in [0, 0.05) is 12.1 Å². The summed E-state index contributed by atoms with van der Waals surface area (Å²) < 4.78 is 0. The van der Waals surface area contributed by atoms with Gasteiger partial charge in [-0.1, -0.05) is 25.0 Å². The maximum atomic E-state index is 11.9. The van der Waals surface area contributed by atoms with Crippen molar-refractivity contribution < 1.29 is 19.5 Å². The number of hydrogen-bond donors (Lipinski definition) is 3. The zero-order valence-electron chi connectivity index (χ0n) is 13.0. The molecule has 1 aromatic rings. The van der Waals surface area contributed by atoms with Crippen LogP contribution in [0.2, 0.25) is 0 Å². The third-order valence-electron chi connectivity index (χ3n) is 3.99. The summed E-state index contributed by atoms with van der Waals surface area (Å²) in [6.07, 6.45) is 5.39. The lowest BCUT2D eigenvalue weighted by Gasteiger charge is -2.10. The third kappa shape index (κ3) is 6.10. The number of benzene rings is 1. The Balaban J connectivity index is 1.78. The molecule has 1 aromatic carbocycles. The summed E-state index contributed by atoms with van der Waals surface area (Å²) >= 11 is 0. The largest absolute Gasteiger partial charge is 0.480 e. The normalized spacial score (nSPS) is 14.4. The molecule has 3 N–H and O–H groups in total. The second-order valence-electron chi connectivity index (χ2n) is 5.95. The molecule has 0 saturated heterocycles. The summed E-state index contributed by atoms with van der Waals surface area (Å²) in [5.74, 6) is -0.875. The predicted molar refractivity (Wildman–Crippen MR) is 86.0 cm³/mol. The first-order chi connectivity index (χ1) is 11.0. The van der Waals surface area contributed by atoms with Gasteiger partial charge in [0.2, 0.25) is 11.8 Å². The highest BCUT2D eigenvalue weighted by Crippen LogP contribution is 2.27. The highest BCUT2D eigenvalue weighted by molar-refractivity contribution is 5.91. The number of amides is 2. The number of hydrogen-bond acceptors (Lipinski definition) is 3. The molecule has 1 aliphatic carbocycles. The van der Waals surface area contributed by atoms with Gasteiger partial charge in [-0.2, -0.15) is 0 Å². The van der Waals surface area contributed by atoms with Crippen molar-refractivity contribution in [1.82, 2.24) is 5.32 Å². The fourth-order valence-corrected chi connectivity index (χ4v) is 2.82. The van der Waals surface area contributed by atoms with Gasteiger partial charge in [0.25, 0.3) is 0 Å². The minimum Gasteiger partial charge on any atom is -0.480 e. The first-order valence-corrected chi connectivity index (χ1v) is 7.90. The molecule has 2 rings (SSSR count). The molecule has 0 spiro atoms. The van der Waals surface area contributed by atoms with E-state index in [0.717, 1.165) is 18.4 Å². The maximum absolute atomic E-state index is 11.9. The molecular weight excluding hydrogens is 296 g/mol. The average molecular weight is 318 g/mol. The Labute approximate surface area is 135 Å². The molecule has 0 radical (unpaired) electrons. The second kappa shape index (κ2) is 8.31. The fourth-order valence-electron chi connectivity index (χ4n) is 2.82. The highest BCUT2D eigenvalue weighted by atomic mass is 16.4. The second-order valence-corrected chi connectivity index (χ2v) is 5.95. The van der Waals surface area contributed by atoms with Crippen molar-refractivity contribution in [2.45, 2.75) is 38.5 Å². The molecule has 1 aliphatic rings. The number of rotatable bonds is 7. The fraction of sp³-hybridized carbons (Fsp3) is 0.471. The summed E-state index contributed by atoms with van der Waals surface area (Å²) in [5.41, 5.74) is 1.48. The van der Waals surface area contributed by atoms with Crippen LogP contribution in [0.25, 0.3) is 0 Å². The number of carboxylic acid groups (broad SMARTS) is 1. The molecule has 124 valence electrons. The van der Waals surface area contributed by atoms with Crippen LogP contribution in [0, 0.1) is 5.92 Å². The lowest BCUT2D eigenvalue weighted by Crippen LogP contribution is -2.30. The van der Waals surface area contributed by atoms with E-state index in [4.69, 9.17) is 5.11 Å². The molecule has 2 amide bonds. The van der Waals surface area contributed by atoms with Crippen LogP contribution in [-0.4, -0.2) is 29.4 Å². The summed E-state index contributed by atoms with van der Waals surface area (Å²) in [5, 5.41) is 13.7. The molecule has 6 nitrogen and oxygen atoms in total. The van der Waals surface area contributed by atoms with Gasteiger partial charge in [-0.15, -0.1) is 0 Å². The Morgan fingerprint density at radius 1 is 1.04 bits per heavy atom. The Hall–Kier alpha value is -2.37. The van der Waals surface area contributed by atoms with Crippen molar-refractivity contribution in [1.29, 1.82) is 0 Å². The van der Waals surface area contributed by atoms with Gasteiger partial charge in [-0.05, 0) is 36.5 Å². The van der Waals surface area contributed by atoms with Crippen LogP contribution in [0.5, 0.6) is 0 Å². The standard InChI is InChI=1S/C17H22N2O4/c20-15(18-11-17(22)23)9-13-5-7-14(8-6-13)19-16(21)10-12-3-1-2-4-12/h5-8,12H,1-4,9-11H2,(H,18,20)(H,19,21)(H,22,23). The molecule has 1 fully saturated rings. The average Bonchev–Trinajstić information content (AvgIpc) is 3.00. The number of anilines is 1. The molecule has 6 heteroatoms. The van der Waals surface area contributed by atoms with Gasteiger partial charge < -0.3 is 15.7 Å². The van der Waals surface area contributed by atoms with Gasteiger partial charge >= 0.3 is 5.97 Å². The first kappa shape index (κ1) is 17.0. The smallest absolute Gasteiger partial charge is 0.322 e. The van der Waals surface area contributed by atoms with Crippen LogP contribution in [0.3, 0.4) is 0 Å². The van der Waals surface area contributed by atoms with Crippen molar-refractivity contribution in [2.24, 2.45) is 5.92 Å². The summed E-state index contributed by atoms with van der Waals surface area (Å²) in [6, 6.07) is 7.02. The van der Waals surface area contributed by atoms with E-state index in [2.05, 4.69) is 10.6 Å². The van der Waals surface area contributed by atoms with E-state index >= 15 is 0 Å². The quantitative estimate of drug-likeness (QED) is 0.716. The van der Waals surface area contributed by atoms with Gasteiger partial charge in [0.15, 0.2) is 0 Å². The SMILES string of the molecule is O=C(O)CNC(=O)Cc1ccc(NC(=O)CC2CCCC2)cc1. The molecule has 1 saturated carbocycles. The van der Waals surface area contributed by atoms with Crippen molar-refractivity contribution >= 4 is 23.5 Å². The zero-order valence-corrected chi connectivity index (χ0v) is 13.0. The maximum Gasteiger partial charge on any atom is 0.322 e. The molecular formula is C17H22N2O4. The molecule has 0 unspecified atom stereocenters. The van der Waals surface area contributed by atoms with Crippen LogP contribution in [0.15, 0.2) is 24.3 Å². The molecule has 0 heterocycles.